The fraction of sp³-hybridized carbons (Fsp3) is 0.125. The van der Waals surface area contributed by atoms with Crippen molar-refractivity contribution in [1.29, 1.82) is 0 Å². The van der Waals surface area contributed by atoms with Crippen molar-refractivity contribution in [3.8, 4) is 11.5 Å². The van der Waals surface area contributed by atoms with E-state index in [9.17, 15) is 9.59 Å². The van der Waals surface area contributed by atoms with Crippen LogP contribution in [0.2, 0.25) is 5.02 Å². The van der Waals surface area contributed by atoms with Gasteiger partial charge >= 0.3 is 5.97 Å². The SMILES string of the molecule is Cc1cc(C)c(NC(=O)COC(=O)c2cc(-c3ccco3)nc3ccccc23)c(Cl)c1. The van der Waals surface area contributed by atoms with Crippen molar-refractivity contribution < 1.29 is 18.7 Å². The molecule has 0 saturated carbocycles. The highest BCUT2D eigenvalue weighted by Gasteiger charge is 2.18. The number of pyridine rings is 1. The van der Waals surface area contributed by atoms with E-state index in [1.165, 1.54) is 6.26 Å². The molecule has 31 heavy (non-hydrogen) atoms. The van der Waals surface area contributed by atoms with Crippen LogP contribution in [0.25, 0.3) is 22.4 Å². The summed E-state index contributed by atoms with van der Waals surface area (Å²) in [5, 5.41) is 3.76. The number of carbonyl (C=O) groups is 2. The molecule has 156 valence electrons. The van der Waals surface area contributed by atoms with E-state index in [-0.39, 0.29) is 0 Å². The Balaban J connectivity index is 1.54. The van der Waals surface area contributed by atoms with Crippen LogP contribution in [0.4, 0.5) is 5.69 Å². The number of amides is 1. The van der Waals surface area contributed by atoms with Gasteiger partial charge in [-0.1, -0.05) is 35.9 Å². The third kappa shape index (κ3) is 4.44. The molecule has 4 aromatic rings. The number of fused-ring (bicyclic) bond motifs is 1. The first-order valence-corrected chi connectivity index (χ1v) is 9.97. The number of aromatic nitrogens is 1. The molecule has 0 unspecified atom stereocenters. The zero-order valence-electron chi connectivity index (χ0n) is 16.9. The molecule has 4 rings (SSSR count). The van der Waals surface area contributed by atoms with Crippen molar-refractivity contribution in [2.45, 2.75) is 13.8 Å². The zero-order valence-corrected chi connectivity index (χ0v) is 17.7. The van der Waals surface area contributed by atoms with Gasteiger partial charge in [0.25, 0.3) is 5.91 Å². The lowest BCUT2D eigenvalue weighted by atomic mass is 10.1. The molecular formula is C24H19ClN2O4. The Hall–Kier alpha value is -3.64. The van der Waals surface area contributed by atoms with Crippen molar-refractivity contribution in [3.63, 3.8) is 0 Å². The summed E-state index contributed by atoms with van der Waals surface area (Å²) in [6, 6.07) is 16.0. The molecule has 2 heterocycles. The second kappa shape index (κ2) is 8.62. The Kier molecular flexibility index (Phi) is 5.73. The largest absolute Gasteiger partial charge is 0.463 e. The predicted octanol–water partition coefficient (Wildman–Crippen LogP) is 5.56. The molecule has 0 radical (unpaired) electrons. The van der Waals surface area contributed by atoms with Gasteiger partial charge in [-0.2, -0.15) is 0 Å². The first-order chi connectivity index (χ1) is 14.9. The van der Waals surface area contributed by atoms with Crippen molar-refractivity contribution in [2.24, 2.45) is 0 Å². The van der Waals surface area contributed by atoms with Crippen LogP contribution in [0.15, 0.2) is 65.3 Å². The van der Waals surface area contributed by atoms with E-state index in [0.717, 1.165) is 11.1 Å². The first kappa shape index (κ1) is 20.6. The minimum Gasteiger partial charge on any atom is -0.463 e. The molecule has 1 amide bonds. The highest BCUT2D eigenvalue weighted by atomic mass is 35.5. The summed E-state index contributed by atoms with van der Waals surface area (Å²) in [6.07, 6.45) is 1.53. The number of nitrogens with zero attached hydrogens (tertiary/aromatic N) is 1. The number of hydrogen-bond donors (Lipinski definition) is 1. The van der Waals surface area contributed by atoms with Gasteiger partial charge in [0, 0.05) is 5.39 Å². The van der Waals surface area contributed by atoms with Crippen LogP contribution < -0.4 is 5.32 Å². The summed E-state index contributed by atoms with van der Waals surface area (Å²) in [5.74, 6) is -0.581. The maximum absolute atomic E-state index is 12.8. The highest BCUT2D eigenvalue weighted by molar-refractivity contribution is 6.34. The molecule has 2 aromatic heterocycles. The van der Waals surface area contributed by atoms with Crippen LogP contribution in [-0.4, -0.2) is 23.5 Å². The second-order valence-electron chi connectivity index (χ2n) is 7.11. The maximum Gasteiger partial charge on any atom is 0.339 e. The van der Waals surface area contributed by atoms with Crippen molar-refractivity contribution in [3.05, 3.63) is 82.6 Å². The minimum absolute atomic E-state index is 0.300. The molecule has 6 nitrogen and oxygen atoms in total. The quantitative estimate of drug-likeness (QED) is 0.416. The molecule has 2 aromatic carbocycles. The van der Waals surface area contributed by atoms with E-state index in [4.69, 9.17) is 20.8 Å². The van der Waals surface area contributed by atoms with Gasteiger partial charge in [-0.3, -0.25) is 4.79 Å². The Morgan fingerprint density at radius 3 is 2.65 bits per heavy atom. The lowest BCUT2D eigenvalue weighted by molar-refractivity contribution is -0.119. The number of halogens is 1. The Morgan fingerprint density at radius 2 is 1.90 bits per heavy atom. The molecule has 0 atom stereocenters. The number of rotatable bonds is 5. The number of aryl methyl sites for hydroxylation is 2. The third-order valence-electron chi connectivity index (χ3n) is 4.74. The van der Waals surface area contributed by atoms with Gasteiger partial charge in [-0.25, -0.2) is 9.78 Å². The highest BCUT2D eigenvalue weighted by Crippen LogP contribution is 2.28. The van der Waals surface area contributed by atoms with Crippen LogP contribution in [0.1, 0.15) is 21.5 Å². The monoisotopic (exact) mass is 434 g/mol. The fourth-order valence-corrected chi connectivity index (χ4v) is 3.72. The van der Waals surface area contributed by atoms with Crippen molar-refractivity contribution in [2.75, 3.05) is 11.9 Å². The average molecular weight is 435 g/mol. The number of esters is 1. The topological polar surface area (TPSA) is 81.4 Å². The summed E-state index contributed by atoms with van der Waals surface area (Å²) in [6.45, 7) is 3.32. The molecule has 0 aliphatic rings. The van der Waals surface area contributed by atoms with Crippen LogP contribution in [-0.2, 0) is 9.53 Å². The summed E-state index contributed by atoms with van der Waals surface area (Å²) in [7, 11) is 0. The number of nitrogens with one attached hydrogen (secondary N) is 1. The Labute approximate surface area is 183 Å². The Morgan fingerprint density at radius 1 is 1.10 bits per heavy atom. The van der Waals surface area contributed by atoms with Gasteiger partial charge in [-0.05, 0) is 55.3 Å². The van der Waals surface area contributed by atoms with E-state index >= 15 is 0 Å². The lowest BCUT2D eigenvalue weighted by Crippen LogP contribution is -2.21. The van der Waals surface area contributed by atoms with Crippen LogP contribution >= 0.6 is 11.6 Å². The minimum atomic E-state index is -0.631. The van der Waals surface area contributed by atoms with E-state index in [2.05, 4.69) is 10.3 Å². The average Bonchev–Trinajstić information content (AvgIpc) is 3.28. The van der Waals surface area contributed by atoms with Gasteiger partial charge in [0.05, 0.1) is 28.1 Å². The summed E-state index contributed by atoms with van der Waals surface area (Å²) in [4.78, 5) is 29.8. The van der Waals surface area contributed by atoms with Crippen LogP contribution in [0, 0.1) is 13.8 Å². The molecule has 7 heteroatoms. The van der Waals surface area contributed by atoms with Gasteiger partial charge in [0.15, 0.2) is 12.4 Å². The number of carbonyl (C=O) groups excluding carboxylic acids is 2. The summed E-state index contributed by atoms with van der Waals surface area (Å²) < 4.78 is 10.7. The van der Waals surface area contributed by atoms with Crippen molar-refractivity contribution in [1.82, 2.24) is 4.98 Å². The standard InChI is InChI=1S/C24H19ClN2O4/c1-14-10-15(2)23(18(25)11-14)27-22(28)13-31-24(29)17-12-20(21-8-5-9-30-21)26-19-7-4-3-6-16(17)19/h3-12H,13H2,1-2H3,(H,27,28). The number of hydrogen-bond acceptors (Lipinski definition) is 5. The smallest absolute Gasteiger partial charge is 0.339 e. The van der Waals surface area contributed by atoms with Gasteiger partial charge in [0.2, 0.25) is 0 Å². The van der Waals surface area contributed by atoms with E-state index in [1.54, 1.807) is 36.4 Å². The molecule has 0 fully saturated rings. The van der Waals surface area contributed by atoms with Crippen molar-refractivity contribution >= 4 is 40.1 Å². The third-order valence-corrected chi connectivity index (χ3v) is 5.04. The molecular weight excluding hydrogens is 416 g/mol. The summed E-state index contributed by atoms with van der Waals surface area (Å²) >= 11 is 6.23. The van der Waals surface area contributed by atoms with E-state index < -0.39 is 18.5 Å². The number of benzene rings is 2. The number of ether oxygens (including phenoxy) is 1. The normalized spacial score (nSPS) is 10.8. The maximum atomic E-state index is 12.8. The van der Waals surface area contributed by atoms with E-state index in [1.807, 2.05) is 32.0 Å². The van der Waals surface area contributed by atoms with Gasteiger partial charge in [0.1, 0.15) is 5.69 Å². The molecule has 0 spiro atoms. The van der Waals surface area contributed by atoms with Crippen LogP contribution in [0.5, 0.6) is 0 Å². The van der Waals surface area contributed by atoms with Gasteiger partial charge < -0.3 is 14.5 Å². The molecule has 0 aliphatic heterocycles. The second-order valence-corrected chi connectivity index (χ2v) is 7.52. The van der Waals surface area contributed by atoms with Gasteiger partial charge in [-0.15, -0.1) is 0 Å². The lowest BCUT2D eigenvalue weighted by Gasteiger charge is -2.12. The number of furan rings is 1. The molecule has 0 bridgehead atoms. The summed E-state index contributed by atoms with van der Waals surface area (Å²) in [5.41, 5.74) is 3.74. The number of anilines is 1. The predicted molar refractivity (Wildman–Crippen MR) is 119 cm³/mol. The zero-order chi connectivity index (χ0) is 22.0. The van der Waals surface area contributed by atoms with E-state index in [0.29, 0.717) is 38.6 Å². The molecule has 1 N–H and O–H groups in total. The molecule has 0 aliphatic carbocycles. The fourth-order valence-electron chi connectivity index (χ4n) is 3.35. The first-order valence-electron chi connectivity index (χ1n) is 9.60. The van der Waals surface area contributed by atoms with Crippen LogP contribution in [0.3, 0.4) is 0 Å². The number of para-hydroxylation sites is 1. The molecule has 0 saturated heterocycles. The Bertz CT molecular complexity index is 1260.